The van der Waals surface area contributed by atoms with Gasteiger partial charge in [0.1, 0.15) is 5.54 Å². The molecule has 1 aromatic heterocycles. The number of rotatable bonds is 6. The Morgan fingerprint density at radius 1 is 1.06 bits per heavy atom. The standard InChI is InChI=1S/C22H19Cl2N5OS/c23-16-5-3-15(4-6-16)20-27-28-21(29(20)18-9-7-17(24)8-10-18)31-13-19(30)26-22(14-25)11-1-2-12-22/h3-10H,1-2,11-13H2,(H,26,30). The summed E-state index contributed by atoms with van der Waals surface area (Å²) < 4.78 is 1.88. The van der Waals surface area contributed by atoms with Gasteiger partial charge in [-0.15, -0.1) is 10.2 Å². The summed E-state index contributed by atoms with van der Waals surface area (Å²) in [5.74, 6) is 0.578. The van der Waals surface area contributed by atoms with E-state index in [0.717, 1.165) is 24.1 Å². The Bertz CT molecular complexity index is 1120. The Labute approximate surface area is 194 Å². The van der Waals surface area contributed by atoms with Crippen molar-refractivity contribution in [3.8, 4) is 23.1 Å². The fraction of sp³-hybridized carbons (Fsp3) is 0.273. The number of benzene rings is 2. The Balaban J connectivity index is 1.60. The molecule has 1 aliphatic rings. The van der Waals surface area contributed by atoms with Crippen LogP contribution in [0.3, 0.4) is 0 Å². The maximum atomic E-state index is 12.6. The lowest BCUT2D eigenvalue weighted by Crippen LogP contribution is -2.45. The Kier molecular flexibility index (Phi) is 6.51. The molecule has 158 valence electrons. The zero-order valence-corrected chi connectivity index (χ0v) is 18.8. The minimum atomic E-state index is -0.740. The average Bonchev–Trinajstić information content (AvgIpc) is 3.41. The number of carbonyl (C=O) groups is 1. The highest BCUT2D eigenvalue weighted by Gasteiger charge is 2.35. The molecule has 0 spiro atoms. The molecule has 2 aromatic carbocycles. The Hall–Kier alpha value is -2.53. The van der Waals surface area contributed by atoms with Gasteiger partial charge < -0.3 is 5.32 Å². The van der Waals surface area contributed by atoms with Crippen LogP contribution in [0.15, 0.2) is 53.7 Å². The Morgan fingerprint density at radius 3 is 2.29 bits per heavy atom. The van der Waals surface area contributed by atoms with E-state index < -0.39 is 5.54 Å². The molecule has 31 heavy (non-hydrogen) atoms. The van der Waals surface area contributed by atoms with Crippen molar-refractivity contribution in [3.05, 3.63) is 58.6 Å². The van der Waals surface area contributed by atoms with Crippen molar-refractivity contribution >= 4 is 40.9 Å². The topological polar surface area (TPSA) is 83.6 Å². The highest BCUT2D eigenvalue weighted by molar-refractivity contribution is 7.99. The van der Waals surface area contributed by atoms with Gasteiger partial charge in [-0.3, -0.25) is 9.36 Å². The summed E-state index contributed by atoms with van der Waals surface area (Å²) >= 11 is 13.4. The molecule has 4 rings (SSSR count). The van der Waals surface area contributed by atoms with Gasteiger partial charge in [0.15, 0.2) is 11.0 Å². The number of hydrogen-bond donors (Lipinski definition) is 1. The van der Waals surface area contributed by atoms with Crippen molar-refractivity contribution in [2.75, 3.05) is 5.75 Å². The largest absolute Gasteiger partial charge is 0.337 e. The summed E-state index contributed by atoms with van der Waals surface area (Å²) in [6, 6.07) is 16.9. The molecule has 0 radical (unpaired) electrons. The van der Waals surface area contributed by atoms with Crippen LogP contribution in [0.25, 0.3) is 17.1 Å². The van der Waals surface area contributed by atoms with Gasteiger partial charge in [0.25, 0.3) is 0 Å². The predicted molar refractivity (Wildman–Crippen MR) is 122 cm³/mol. The highest BCUT2D eigenvalue weighted by Crippen LogP contribution is 2.31. The molecule has 1 saturated carbocycles. The molecule has 0 bridgehead atoms. The first-order chi connectivity index (χ1) is 15.0. The molecule has 0 aliphatic heterocycles. The molecule has 0 saturated heterocycles. The second-order valence-electron chi connectivity index (χ2n) is 7.36. The lowest BCUT2D eigenvalue weighted by molar-refractivity contribution is -0.119. The summed E-state index contributed by atoms with van der Waals surface area (Å²) in [6.07, 6.45) is 3.30. The van der Waals surface area contributed by atoms with E-state index in [9.17, 15) is 10.1 Å². The van der Waals surface area contributed by atoms with Crippen molar-refractivity contribution in [3.63, 3.8) is 0 Å². The highest BCUT2D eigenvalue weighted by atomic mass is 35.5. The van der Waals surface area contributed by atoms with Gasteiger partial charge in [0, 0.05) is 21.3 Å². The van der Waals surface area contributed by atoms with Gasteiger partial charge in [-0.05, 0) is 74.2 Å². The van der Waals surface area contributed by atoms with Crippen LogP contribution in [-0.4, -0.2) is 32.0 Å². The maximum Gasteiger partial charge on any atom is 0.231 e. The lowest BCUT2D eigenvalue weighted by Gasteiger charge is -2.21. The average molecular weight is 472 g/mol. The van der Waals surface area contributed by atoms with Crippen molar-refractivity contribution in [1.29, 1.82) is 5.26 Å². The number of carbonyl (C=O) groups excluding carboxylic acids is 1. The van der Waals surface area contributed by atoms with E-state index in [1.807, 2.05) is 28.8 Å². The van der Waals surface area contributed by atoms with E-state index in [1.165, 1.54) is 11.8 Å². The monoisotopic (exact) mass is 471 g/mol. The first kappa shape index (κ1) is 21.7. The van der Waals surface area contributed by atoms with Crippen LogP contribution in [-0.2, 0) is 4.79 Å². The van der Waals surface area contributed by atoms with Crippen LogP contribution in [0.5, 0.6) is 0 Å². The van der Waals surface area contributed by atoms with Gasteiger partial charge in [-0.25, -0.2) is 0 Å². The zero-order chi connectivity index (χ0) is 21.8. The van der Waals surface area contributed by atoms with Crippen molar-refractivity contribution in [2.45, 2.75) is 36.4 Å². The molecule has 0 unspecified atom stereocenters. The number of aromatic nitrogens is 3. The predicted octanol–water partition coefficient (Wildman–Crippen LogP) is 5.29. The van der Waals surface area contributed by atoms with Gasteiger partial charge >= 0.3 is 0 Å². The molecule has 0 atom stereocenters. The van der Waals surface area contributed by atoms with Crippen LogP contribution in [0.1, 0.15) is 25.7 Å². The molecule has 1 fully saturated rings. The first-order valence-corrected chi connectivity index (χ1v) is 11.6. The number of halogens is 2. The minimum absolute atomic E-state index is 0.135. The minimum Gasteiger partial charge on any atom is -0.337 e. The third kappa shape index (κ3) is 4.87. The third-order valence-corrected chi connectivity index (χ3v) is 6.64. The summed E-state index contributed by atoms with van der Waals surface area (Å²) in [5, 5.41) is 22.9. The molecular weight excluding hydrogens is 453 g/mol. The summed E-state index contributed by atoms with van der Waals surface area (Å²) in [7, 11) is 0. The van der Waals surface area contributed by atoms with E-state index in [1.54, 1.807) is 24.3 Å². The van der Waals surface area contributed by atoms with Crippen LogP contribution in [0.4, 0.5) is 0 Å². The van der Waals surface area contributed by atoms with Gasteiger partial charge in [-0.2, -0.15) is 5.26 Å². The fourth-order valence-electron chi connectivity index (χ4n) is 3.65. The number of nitriles is 1. The third-order valence-electron chi connectivity index (χ3n) is 5.20. The van der Waals surface area contributed by atoms with Crippen LogP contribution in [0, 0.1) is 11.3 Å². The zero-order valence-electron chi connectivity index (χ0n) is 16.5. The van der Waals surface area contributed by atoms with Crippen LogP contribution in [0.2, 0.25) is 10.0 Å². The number of hydrogen-bond acceptors (Lipinski definition) is 5. The molecule has 1 N–H and O–H groups in total. The molecule has 1 heterocycles. The van der Waals surface area contributed by atoms with E-state index >= 15 is 0 Å². The quantitative estimate of drug-likeness (QED) is 0.493. The molecule has 3 aromatic rings. The number of amides is 1. The summed E-state index contributed by atoms with van der Waals surface area (Å²) in [4.78, 5) is 12.6. The van der Waals surface area contributed by atoms with Crippen molar-refractivity contribution in [2.24, 2.45) is 0 Å². The van der Waals surface area contributed by atoms with Gasteiger partial charge in [0.05, 0.1) is 11.8 Å². The van der Waals surface area contributed by atoms with E-state index in [-0.39, 0.29) is 11.7 Å². The van der Waals surface area contributed by atoms with Gasteiger partial charge in [0.2, 0.25) is 5.91 Å². The Morgan fingerprint density at radius 2 is 1.68 bits per heavy atom. The van der Waals surface area contributed by atoms with Crippen molar-refractivity contribution < 1.29 is 4.79 Å². The van der Waals surface area contributed by atoms with E-state index in [0.29, 0.717) is 33.9 Å². The van der Waals surface area contributed by atoms with Crippen LogP contribution >= 0.6 is 35.0 Å². The molecule has 1 aliphatic carbocycles. The number of nitrogens with zero attached hydrogens (tertiary/aromatic N) is 4. The second-order valence-corrected chi connectivity index (χ2v) is 9.18. The number of thioether (sulfide) groups is 1. The number of nitrogens with one attached hydrogen (secondary N) is 1. The smallest absolute Gasteiger partial charge is 0.231 e. The maximum absolute atomic E-state index is 12.6. The van der Waals surface area contributed by atoms with Crippen molar-refractivity contribution in [1.82, 2.24) is 20.1 Å². The normalized spacial score (nSPS) is 14.9. The van der Waals surface area contributed by atoms with Crippen LogP contribution < -0.4 is 5.32 Å². The van der Waals surface area contributed by atoms with E-state index in [2.05, 4.69) is 21.6 Å². The fourth-order valence-corrected chi connectivity index (χ4v) is 4.65. The summed E-state index contributed by atoms with van der Waals surface area (Å²) in [5.41, 5.74) is 0.930. The molecule has 6 nitrogen and oxygen atoms in total. The van der Waals surface area contributed by atoms with E-state index in [4.69, 9.17) is 23.2 Å². The first-order valence-electron chi connectivity index (χ1n) is 9.82. The molecular formula is C22H19Cl2N5OS. The van der Waals surface area contributed by atoms with Gasteiger partial charge in [-0.1, -0.05) is 35.0 Å². The molecule has 9 heteroatoms. The second kappa shape index (κ2) is 9.31. The molecule has 1 amide bonds. The SMILES string of the molecule is N#CC1(NC(=O)CSc2nnc(-c3ccc(Cl)cc3)n2-c2ccc(Cl)cc2)CCCC1. The summed E-state index contributed by atoms with van der Waals surface area (Å²) in [6.45, 7) is 0. The lowest BCUT2D eigenvalue weighted by atomic mass is 10.0.